The zero-order valence-corrected chi connectivity index (χ0v) is 8.95. The normalized spacial score (nSPS) is 15.1. The fourth-order valence-electron chi connectivity index (χ4n) is 1.16. The molecule has 0 aromatic carbocycles. The van der Waals surface area contributed by atoms with E-state index in [0.717, 1.165) is 0 Å². The van der Waals surface area contributed by atoms with Crippen LogP contribution < -0.4 is 5.73 Å². The highest BCUT2D eigenvalue weighted by Gasteiger charge is 2.31. The van der Waals surface area contributed by atoms with Crippen molar-refractivity contribution in [1.82, 2.24) is 0 Å². The zero-order chi connectivity index (χ0) is 11.0. The first-order valence-electron chi connectivity index (χ1n) is 4.81. The van der Waals surface area contributed by atoms with Gasteiger partial charge in [-0.05, 0) is 26.7 Å². The number of hydrogen-bond acceptors (Lipinski definition) is 3. The maximum Gasteiger partial charge on any atom is 0.330 e. The number of rotatable bonds is 6. The third-order valence-electron chi connectivity index (χ3n) is 1.88. The fraction of sp³-hybridized carbons (Fsp3) is 0.545. The van der Waals surface area contributed by atoms with Crippen LogP contribution in [-0.2, 0) is 9.53 Å². The van der Waals surface area contributed by atoms with Crippen molar-refractivity contribution in [2.75, 3.05) is 6.61 Å². The van der Waals surface area contributed by atoms with E-state index in [1.807, 2.05) is 6.92 Å². The average molecular weight is 197 g/mol. The standard InChI is InChI=1S/C11H19NO2/c1-4-7-9-11(12,8-5-2)10(13)14-6-3/h4-5,8H,1,6-7,9,12H2,2-3H3/b8-5-. The molecule has 14 heavy (non-hydrogen) atoms. The third kappa shape index (κ3) is 3.75. The van der Waals surface area contributed by atoms with Crippen LogP contribution in [0.15, 0.2) is 24.8 Å². The lowest BCUT2D eigenvalue weighted by atomic mass is 9.94. The first kappa shape index (κ1) is 12.9. The highest BCUT2D eigenvalue weighted by molar-refractivity contribution is 5.83. The zero-order valence-electron chi connectivity index (χ0n) is 8.95. The van der Waals surface area contributed by atoms with Crippen LogP contribution in [0.25, 0.3) is 0 Å². The van der Waals surface area contributed by atoms with E-state index < -0.39 is 5.54 Å². The molecule has 1 atom stereocenters. The summed E-state index contributed by atoms with van der Waals surface area (Å²) < 4.78 is 4.91. The van der Waals surface area contributed by atoms with Crippen molar-refractivity contribution in [1.29, 1.82) is 0 Å². The van der Waals surface area contributed by atoms with Gasteiger partial charge in [-0.2, -0.15) is 0 Å². The second kappa shape index (κ2) is 6.38. The first-order valence-corrected chi connectivity index (χ1v) is 4.81. The minimum Gasteiger partial charge on any atom is -0.464 e. The Morgan fingerprint density at radius 2 is 2.29 bits per heavy atom. The molecular weight excluding hydrogens is 178 g/mol. The molecule has 2 N–H and O–H groups in total. The summed E-state index contributed by atoms with van der Waals surface area (Å²) in [6, 6.07) is 0. The van der Waals surface area contributed by atoms with Gasteiger partial charge in [-0.3, -0.25) is 0 Å². The molecule has 1 unspecified atom stereocenters. The SMILES string of the molecule is C=CCCC(N)(/C=C\C)C(=O)OCC. The Morgan fingerprint density at radius 1 is 1.64 bits per heavy atom. The number of carbonyl (C=O) groups excluding carboxylic acids is 1. The van der Waals surface area contributed by atoms with Crippen molar-refractivity contribution >= 4 is 5.97 Å². The molecule has 0 radical (unpaired) electrons. The Balaban J connectivity index is 4.51. The van der Waals surface area contributed by atoms with Crippen molar-refractivity contribution in [3.63, 3.8) is 0 Å². The van der Waals surface area contributed by atoms with Crippen LogP contribution in [0.3, 0.4) is 0 Å². The fourth-order valence-corrected chi connectivity index (χ4v) is 1.16. The molecule has 0 spiro atoms. The van der Waals surface area contributed by atoms with Crippen LogP contribution in [-0.4, -0.2) is 18.1 Å². The highest BCUT2D eigenvalue weighted by atomic mass is 16.5. The monoisotopic (exact) mass is 197 g/mol. The molecule has 0 saturated carbocycles. The molecule has 0 aliphatic carbocycles. The Kier molecular flexibility index (Phi) is 5.88. The molecule has 0 aliphatic heterocycles. The van der Waals surface area contributed by atoms with E-state index >= 15 is 0 Å². The maximum atomic E-state index is 11.5. The molecule has 0 rings (SSSR count). The van der Waals surface area contributed by atoms with E-state index in [4.69, 9.17) is 10.5 Å². The number of ether oxygens (including phenoxy) is 1. The summed E-state index contributed by atoms with van der Waals surface area (Å²) >= 11 is 0. The summed E-state index contributed by atoms with van der Waals surface area (Å²) in [4.78, 5) is 11.5. The number of nitrogens with two attached hydrogens (primary N) is 1. The molecule has 0 saturated heterocycles. The topological polar surface area (TPSA) is 52.3 Å². The Bertz CT molecular complexity index is 223. The summed E-state index contributed by atoms with van der Waals surface area (Å²) in [6.45, 7) is 7.54. The quantitative estimate of drug-likeness (QED) is 0.521. The molecule has 0 fully saturated rings. The third-order valence-corrected chi connectivity index (χ3v) is 1.88. The summed E-state index contributed by atoms with van der Waals surface area (Å²) in [6.07, 6.45) is 6.40. The van der Waals surface area contributed by atoms with Crippen molar-refractivity contribution < 1.29 is 9.53 Å². The van der Waals surface area contributed by atoms with Gasteiger partial charge >= 0.3 is 5.97 Å². The van der Waals surface area contributed by atoms with Crippen molar-refractivity contribution in [3.05, 3.63) is 24.8 Å². The van der Waals surface area contributed by atoms with Crippen molar-refractivity contribution in [3.8, 4) is 0 Å². The van der Waals surface area contributed by atoms with E-state index in [9.17, 15) is 4.79 Å². The average Bonchev–Trinajstić information content (AvgIpc) is 2.15. The second-order valence-electron chi connectivity index (χ2n) is 3.09. The van der Waals surface area contributed by atoms with Gasteiger partial charge < -0.3 is 10.5 Å². The van der Waals surface area contributed by atoms with Crippen LogP contribution in [0.2, 0.25) is 0 Å². The second-order valence-corrected chi connectivity index (χ2v) is 3.09. The van der Waals surface area contributed by atoms with Gasteiger partial charge in [0, 0.05) is 0 Å². The van der Waals surface area contributed by atoms with E-state index in [1.165, 1.54) is 0 Å². The van der Waals surface area contributed by atoms with Gasteiger partial charge in [0.2, 0.25) is 0 Å². The van der Waals surface area contributed by atoms with Crippen LogP contribution in [0.1, 0.15) is 26.7 Å². The number of allylic oxidation sites excluding steroid dienone is 2. The summed E-state index contributed by atoms with van der Waals surface area (Å²) in [5.74, 6) is -0.375. The predicted molar refractivity (Wildman–Crippen MR) is 57.8 cm³/mol. The maximum absolute atomic E-state index is 11.5. The van der Waals surface area contributed by atoms with Crippen molar-refractivity contribution in [2.45, 2.75) is 32.2 Å². The van der Waals surface area contributed by atoms with E-state index in [2.05, 4.69) is 6.58 Å². The number of esters is 1. The first-order chi connectivity index (χ1) is 6.60. The minimum absolute atomic E-state index is 0.351. The van der Waals surface area contributed by atoms with Gasteiger partial charge in [-0.15, -0.1) is 6.58 Å². The molecule has 3 nitrogen and oxygen atoms in total. The van der Waals surface area contributed by atoms with Gasteiger partial charge in [0.05, 0.1) is 6.61 Å². The molecule has 3 heteroatoms. The Morgan fingerprint density at radius 3 is 2.71 bits per heavy atom. The van der Waals surface area contributed by atoms with Crippen LogP contribution in [0, 0.1) is 0 Å². The molecule has 0 aromatic heterocycles. The lowest BCUT2D eigenvalue weighted by Crippen LogP contribution is -2.47. The van der Waals surface area contributed by atoms with E-state index in [0.29, 0.717) is 19.4 Å². The molecule has 0 heterocycles. The van der Waals surface area contributed by atoms with Gasteiger partial charge in [0.25, 0.3) is 0 Å². The predicted octanol–water partition coefficient (Wildman–Crippen LogP) is 1.79. The van der Waals surface area contributed by atoms with Crippen LogP contribution in [0.5, 0.6) is 0 Å². The summed E-state index contributed by atoms with van der Waals surface area (Å²) in [7, 11) is 0. The highest BCUT2D eigenvalue weighted by Crippen LogP contribution is 2.14. The molecule has 80 valence electrons. The molecular formula is C11H19NO2. The van der Waals surface area contributed by atoms with Crippen LogP contribution in [0.4, 0.5) is 0 Å². The number of carbonyl (C=O) groups is 1. The molecule has 0 aliphatic rings. The van der Waals surface area contributed by atoms with Gasteiger partial charge in [-0.1, -0.05) is 18.2 Å². The van der Waals surface area contributed by atoms with Gasteiger partial charge in [-0.25, -0.2) is 4.79 Å². The van der Waals surface area contributed by atoms with Crippen molar-refractivity contribution in [2.24, 2.45) is 5.73 Å². The smallest absolute Gasteiger partial charge is 0.330 e. The van der Waals surface area contributed by atoms with Gasteiger partial charge in [0.15, 0.2) is 0 Å². The lowest BCUT2D eigenvalue weighted by molar-refractivity contribution is -0.147. The largest absolute Gasteiger partial charge is 0.464 e. The lowest BCUT2D eigenvalue weighted by Gasteiger charge is -2.22. The summed E-state index contributed by atoms with van der Waals surface area (Å²) in [5, 5.41) is 0. The summed E-state index contributed by atoms with van der Waals surface area (Å²) in [5.41, 5.74) is 4.91. The van der Waals surface area contributed by atoms with Crippen LogP contribution >= 0.6 is 0 Å². The molecule has 0 amide bonds. The molecule has 0 bridgehead atoms. The Hall–Kier alpha value is -1.09. The minimum atomic E-state index is -1.00. The number of hydrogen-bond donors (Lipinski definition) is 1. The Labute approximate surface area is 85.6 Å². The van der Waals surface area contributed by atoms with E-state index in [-0.39, 0.29) is 5.97 Å². The van der Waals surface area contributed by atoms with E-state index in [1.54, 1.807) is 25.2 Å². The molecule has 0 aromatic rings. The van der Waals surface area contributed by atoms with Gasteiger partial charge in [0.1, 0.15) is 5.54 Å².